The lowest BCUT2D eigenvalue weighted by Gasteiger charge is -2.35. The topological polar surface area (TPSA) is 60.9 Å². The molecule has 0 aliphatic carbocycles. The first-order valence-electron chi connectivity index (χ1n) is 9.01. The van der Waals surface area contributed by atoms with Crippen molar-refractivity contribution in [1.82, 2.24) is 4.90 Å². The number of allylic oxidation sites excluding steroid dienone is 3. The number of carboxylic acid groups (broad SMARTS) is 1. The minimum Gasteiger partial charge on any atom is -0.478 e. The van der Waals surface area contributed by atoms with E-state index in [-0.39, 0.29) is 0 Å². The number of rotatable bonds is 7. The average Bonchev–Trinajstić information content (AvgIpc) is 2.60. The Morgan fingerprint density at radius 2 is 2.00 bits per heavy atom. The Balaban J connectivity index is 2.29. The van der Waals surface area contributed by atoms with Crippen LogP contribution in [0.3, 0.4) is 0 Å². The zero-order valence-electron chi connectivity index (χ0n) is 15.8. The zero-order valence-corrected chi connectivity index (χ0v) is 15.8. The highest BCUT2D eigenvalue weighted by Crippen LogP contribution is 2.29. The summed E-state index contributed by atoms with van der Waals surface area (Å²) in [5, 5.41) is 8.92. The number of hydrogen-bond donors (Lipinski definition) is 1. The van der Waals surface area contributed by atoms with Crippen molar-refractivity contribution in [2.75, 3.05) is 31.7 Å². The van der Waals surface area contributed by atoms with E-state index < -0.39 is 5.97 Å². The van der Waals surface area contributed by atoms with Gasteiger partial charge in [0.25, 0.3) is 0 Å². The van der Waals surface area contributed by atoms with Crippen molar-refractivity contribution in [3.8, 4) is 0 Å². The Morgan fingerprint density at radius 1 is 1.31 bits per heavy atom. The van der Waals surface area contributed by atoms with E-state index in [1.807, 2.05) is 26.1 Å². The summed E-state index contributed by atoms with van der Waals surface area (Å²) in [6.07, 6.45) is 7.06. The lowest BCUT2D eigenvalue weighted by Crippen LogP contribution is -2.40. The summed E-state index contributed by atoms with van der Waals surface area (Å²) in [5.41, 5.74) is 3.56. The van der Waals surface area contributed by atoms with Crippen molar-refractivity contribution in [3.05, 3.63) is 47.6 Å². The van der Waals surface area contributed by atoms with Gasteiger partial charge in [0.15, 0.2) is 0 Å². The average molecular weight is 356 g/mol. The van der Waals surface area contributed by atoms with Crippen LogP contribution in [0, 0.1) is 12.8 Å². The number of hydrogen-bond acceptors (Lipinski definition) is 4. The highest BCUT2D eigenvalue weighted by molar-refractivity contribution is 5.93. The number of carbonyl (C=O) groups excluding carboxylic acids is 1. The maximum Gasteiger partial charge on any atom is 0.328 e. The molecule has 0 spiro atoms. The third kappa shape index (κ3) is 5.56. The van der Waals surface area contributed by atoms with Crippen LogP contribution in [0.4, 0.5) is 5.69 Å². The maximum atomic E-state index is 11.0. The molecule has 0 saturated carbocycles. The first-order chi connectivity index (χ1) is 12.4. The molecule has 2 rings (SSSR count). The highest BCUT2D eigenvalue weighted by Gasteiger charge is 2.18. The molecular weight excluding hydrogens is 328 g/mol. The van der Waals surface area contributed by atoms with Gasteiger partial charge in [-0.2, -0.15) is 0 Å². The van der Waals surface area contributed by atoms with Gasteiger partial charge in [0, 0.05) is 37.5 Å². The van der Waals surface area contributed by atoms with Crippen LogP contribution in [-0.4, -0.2) is 49.1 Å². The first-order valence-corrected chi connectivity index (χ1v) is 9.01. The number of carbonyl (C=O) groups is 2. The van der Waals surface area contributed by atoms with Crippen LogP contribution in [0.2, 0.25) is 0 Å². The standard InChI is InChI=1S/C21H28N2O3/c1-16-8-11-23(12-9-16)15-22(3)20-14-17(2)4-6-19(20)18(10-13-24)5-7-21(25)26/h4-7,10,13-14,16H,8-9,11-12,15H2,1-3H3,(H,25,26)/b7-5+,18-10-. The number of piperidine rings is 1. The first kappa shape index (κ1) is 19.9. The van der Waals surface area contributed by atoms with Crippen LogP contribution in [0.1, 0.15) is 30.9 Å². The summed E-state index contributed by atoms with van der Waals surface area (Å²) in [6.45, 7) is 7.30. The molecule has 5 heteroatoms. The van der Waals surface area contributed by atoms with Gasteiger partial charge in [-0.05, 0) is 55.0 Å². The molecule has 1 aliphatic rings. The number of anilines is 1. The molecule has 5 nitrogen and oxygen atoms in total. The molecule has 0 amide bonds. The minimum absolute atomic E-state index is 0.594. The molecule has 0 radical (unpaired) electrons. The maximum absolute atomic E-state index is 11.0. The molecule has 0 aromatic heterocycles. The molecule has 0 bridgehead atoms. The predicted molar refractivity (Wildman–Crippen MR) is 105 cm³/mol. The van der Waals surface area contributed by atoms with E-state index in [0.717, 1.165) is 48.6 Å². The Kier molecular flexibility index (Phi) is 7.16. The van der Waals surface area contributed by atoms with E-state index >= 15 is 0 Å². The Bertz CT molecular complexity index is 701. The predicted octanol–water partition coefficient (Wildman–Crippen LogP) is 3.34. The van der Waals surface area contributed by atoms with E-state index in [0.29, 0.717) is 11.9 Å². The van der Waals surface area contributed by atoms with E-state index in [1.54, 1.807) is 0 Å². The van der Waals surface area contributed by atoms with Gasteiger partial charge < -0.3 is 10.0 Å². The van der Waals surface area contributed by atoms with Crippen LogP contribution >= 0.6 is 0 Å². The molecular formula is C21H28N2O3. The number of aldehydes is 1. The van der Waals surface area contributed by atoms with Crippen LogP contribution in [0.5, 0.6) is 0 Å². The third-order valence-electron chi connectivity index (χ3n) is 4.82. The second-order valence-corrected chi connectivity index (χ2v) is 7.09. The van der Waals surface area contributed by atoms with Gasteiger partial charge in [-0.1, -0.05) is 19.1 Å². The summed E-state index contributed by atoms with van der Waals surface area (Å²) in [4.78, 5) is 26.5. The molecule has 1 aliphatic heterocycles. The Morgan fingerprint density at radius 3 is 2.62 bits per heavy atom. The second-order valence-electron chi connectivity index (χ2n) is 7.09. The van der Waals surface area contributed by atoms with Crippen molar-refractivity contribution in [1.29, 1.82) is 0 Å². The van der Waals surface area contributed by atoms with E-state index in [1.165, 1.54) is 25.0 Å². The minimum atomic E-state index is -1.04. The van der Waals surface area contributed by atoms with Crippen LogP contribution in [0.15, 0.2) is 36.4 Å². The van der Waals surface area contributed by atoms with Gasteiger partial charge in [-0.3, -0.25) is 9.69 Å². The van der Waals surface area contributed by atoms with E-state index in [2.05, 4.69) is 22.8 Å². The molecule has 26 heavy (non-hydrogen) atoms. The molecule has 1 saturated heterocycles. The lowest BCUT2D eigenvalue weighted by molar-refractivity contribution is -0.131. The number of aryl methyl sites for hydroxylation is 1. The lowest BCUT2D eigenvalue weighted by atomic mass is 9.99. The van der Waals surface area contributed by atoms with Crippen LogP contribution in [0.25, 0.3) is 5.57 Å². The molecule has 140 valence electrons. The van der Waals surface area contributed by atoms with Crippen LogP contribution < -0.4 is 4.90 Å². The number of likely N-dealkylation sites (tertiary alicyclic amines) is 1. The Hall–Kier alpha value is -2.40. The van der Waals surface area contributed by atoms with Gasteiger partial charge in [-0.25, -0.2) is 4.79 Å². The SMILES string of the molecule is Cc1ccc(C(=C\C=O)/C=C/C(=O)O)c(N(C)CN2CCC(C)CC2)c1. The fraction of sp³-hybridized carbons (Fsp3) is 0.429. The fourth-order valence-corrected chi connectivity index (χ4v) is 3.25. The van der Waals surface area contributed by atoms with Crippen molar-refractivity contribution in [2.45, 2.75) is 26.7 Å². The van der Waals surface area contributed by atoms with E-state index in [9.17, 15) is 9.59 Å². The number of carboxylic acids is 1. The third-order valence-corrected chi connectivity index (χ3v) is 4.82. The van der Waals surface area contributed by atoms with Gasteiger partial charge in [-0.15, -0.1) is 0 Å². The molecule has 0 unspecified atom stereocenters. The smallest absolute Gasteiger partial charge is 0.328 e. The normalized spacial score (nSPS) is 16.8. The van der Waals surface area contributed by atoms with Crippen LogP contribution in [-0.2, 0) is 9.59 Å². The number of benzene rings is 1. The van der Waals surface area contributed by atoms with Gasteiger partial charge >= 0.3 is 5.97 Å². The van der Waals surface area contributed by atoms with Gasteiger partial charge in [0.1, 0.15) is 6.29 Å². The molecule has 1 fully saturated rings. The number of nitrogens with zero attached hydrogens (tertiary/aromatic N) is 2. The molecule has 0 atom stereocenters. The molecule has 1 aromatic rings. The van der Waals surface area contributed by atoms with Gasteiger partial charge in [0.05, 0.1) is 6.67 Å². The monoisotopic (exact) mass is 356 g/mol. The summed E-state index contributed by atoms with van der Waals surface area (Å²) in [7, 11) is 2.04. The van der Waals surface area contributed by atoms with E-state index in [4.69, 9.17) is 5.11 Å². The highest BCUT2D eigenvalue weighted by atomic mass is 16.4. The van der Waals surface area contributed by atoms with Crippen molar-refractivity contribution in [2.24, 2.45) is 5.92 Å². The summed E-state index contributed by atoms with van der Waals surface area (Å²) in [5.74, 6) is -0.249. The van der Waals surface area contributed by atoms with Crippen molar-refractivity contribution in [3.63, 3.8) is 0 Å². The largest absolute Gasteiger partial charge is 0.478 e. The van der Waals surface area contributed by atoms with Crippen molar-refractivity contribution >= 4 is 23.5 Å². The summed E-state index contributed by atoms with van der Waals surface area (Å²) >= 11 is 0. The molecule has 1 N–H and O–H groups in total. The fourth-order valence-electron chi connectivity index (χ4n) is 3.25. The zero-order chi connectivity index (χ0) is 19.1. The molecule has 1 heterocycles. The second kappa shape index (κ2) is 9.34. The Labute approximate surface area is 155 Å². The summed E-state index contributed by atoms with van der Waals surface area (Å²) < 4.78 is 0. The summed E-state index contributed by atoms with van der Waals surface area (Å²) in [6, 6.07) is 6.00. The van der Waals surface area contributed by atoms with Crippen molar-refractivity contribution < 1.29 is 14.7 Å². The molecule has 1 aromatic carbocycles. The number of aliphatic carboxylic acids is 1. The quantitative estimate of drug-likeness (QED) is 0.461. The van der Waals surface area contributed by atoms with Gasteiger partial charge in [0.2, 0.25) is 0 Å².